The summed E-state index contributed by atoms with van der Waals surface area (Å²) in [5.74, 6) is 1.08. The van der Waals surface area contributed by atoms with Gasteiger partial charge in [-0.15, -0.1) is 5.10 Å². The molecule has 2 aliphatic rings. The van der Waals surface area contributed by atoms with Crippen molar-refractivity contribution in [1.82, 2.24) is 24.4 Å². The first kappa shape index (κ1) is 23.9. The molecule has 0 radical (unpaired) electrons. The highest BCUT2D eigenvalue weighted by Gasteiger charge is 2.29. The molecule has 0 spiro atoms. The average Bonchev–Trinajstić information content (AvgIpc) is 3.71. The van der Waals surface area contributed by atoms with E-state index in [1.807, 2.05) is 54.6 Å². The van der Waals surface area contributed by atoms with Gasteiger partial charge in [0.15, 0.2) is 0 Å². The Kier molecular flexibility index (Phi) is 6.37. The zero-order chi connectivity index (χ0) is 26.1. The van der Waals surface area contributed by atoms with Crippen LogP contribution in [0, 0.1) is 0 Å². The Labute approximate surface area is 219 Å². The smallest absolute Gasteiger partial charge is 0.399 e. The molecule has 2 aromatic carbocycles. The molecular formula is C28H26BF2N7. The number of benzene rings is 2. The molecule has 0 aliphatic carbocycles. The minimum absolute atomic E-state index is 0.209. The van der Waals surface area contributed by atoms with Gasteiger partial charge in [-0.1, -0.05) is 47.7 Å². The fourth-order valence-corrected chi connectivity index (χ4v) is 5.02. The van der Waals surface area contributed by atoms with Crippen molar-refractivity contribution in [2.24, 2.45) is 4.99 Å². The number of nitrogen functional groups attached to an aromatic ring is 1. The molecule has 4 aromatic rings. The molecule has 190 valence electrons. The minimum Gasteiger partial charge on any atom is -0.399 e. The summed E-state index contributed by atoms with van der Waals surface area (Å²) in [7, 11) is -2.82. The van der Waals surface area contributed by atoms with Gasteiger partial charge in [0.1, 0.15) is 17.3 Å². The largest absolute Gasteiger partial charge is 0.679 e. The number of amidine groups is 1. The topological polar surface area (TPSA) is 77.3 Å². The maximum Gasteiger partial charge on any atom is 0.679 e. The van der Waals surface area contributed by atoms with Crippen molar-refractivity contribution in [1.29, 1.82) is 0 Å². The van der Waals surface area contributed by atoms with Crippen LogP contribution < -0.4 is 5.73 Å². The number of anilines is 1. The molecule has 2 aliphatic heterocycles. The van der Waals surface area contributed by atoms with E-state index in [1.165, 1.54) is 11.1 Å². The molecule has 1 saturated heterocycles. The molecule has 4 heterocycles. The fraction of sp³-hybridized carbons (Fsp3) is 0.179. The van der Waals surface area contributed by atoms with E-state index in [1.54, 1.807) is 30.5 Å². The van der Waals surface area contributed by atoms with Crippen LogP contribution >= 0.6 is 0 Å². The number of nitrogens with zero attached hydrogens (tertiary/aromatic N) is 6. The first-order chi connectivity index (χ1) is 18.6. The summed E-state index contributed by atoms with van der Waals surface area (Å²) in [5.41, 5.74) is 10.3. The number of allylic oxidation sites excluding steroid dienone is 1. The average molecular weight is 509 g/mol. The highest BCUT2D eigenvalue weighted by atomic mass is 19.2. The van der Waals surface area contributed by atoms with Crippen LogP contribution in [-0.2, 0) is 0 Å². The third kappa shape index (κ3) is 4.53. The summed E-state index contributed by atoms with van der Waals surface area (Å²) in [6.07, 6.45) is 8.99. The lowest BCUT2D eigenvalue weighted by Gasteiger charge is -2.27. The highest BCUT2D eigenvalue weighted by Crippen LogP contribution is 2.34. The second-order valence-electron chi connectivity index (χ2n) is 9.37. The molecule has 10 heteroatoms. The van der Waals surface area contributed by atoms with E-state index >= 15 is 0 Å². The van der Waals surface area contributed by atoms with Crippen LogP contribution in [0.1, 0.15) is 30.5 Å². The summed E-state index contributed by atoms with van der Waals surface area (Å²) in [4.78, 5) is 7.16. The van der Waals surface area contributed by atoms with Crippen LogP contribution in [0.4, 0.5) is 14.3 Å². The molecule has 0 amide bonds. The zero-order valence-corrected chi connectivity index (χ0v) is 20.7. The molecule has 0 atom stereocenters. The fourth-order valence-electron chi connectivity index (χ4n) is 5.02. The van der Waals surface area contributed by atoms with Gasteiger partial charge in [0, 0.05) is 35.6 Å². The van der Waals surface area contributed by atoms with Crippen LogP contribution in [0.3, 0.4) is 0 Å². The van der Waals surface area contributed by atoms with Gasteiger partial charge in [-0.25, -0.2) is 9.67 Å². The van der Waals surface area contributed by atoms with Crippen molar-refractivity contribution in [2.75, 3.05) is 18.8 Å². The molecule has 6 rings (SSSR count). The number of piperidine rings is 1. The van der Waals surface area contributed by atoms with Crippen molar-refractivity contribution in [3.05, 3.63) is 102 Å². The van der Waals surface area contributed by atoms with E-state index in [9.17, 15) is 8.63 Å². The first-order valence-corrected chi connectivity index (χ1v) is 12.7. The van der Waals surface area contributed by atoms with Gasteiger partial charge in [-0.2, -0.15) is 0 Å². The quantitative estimate of drug-likeness (QED) is 0.293. The number of hydrogen-bond acceptors (Lipinski definition) is 5. The maximum absolute atomic E-state index is 14.7. The molecule has 1 fully saturated rings. The van der Waals surface area contributed by atoms with Crippen molar-refractivity contribution in [3.63, 3.8) is 0 Å². The van der Waals surface area contributed by atoms with Crippen molar-refractivity contribution in [2.45, 2.75) is 19.3 Å². The van der Waals surface area contributed by atoms with E-state index in [4.69, 9.17) is 10.7 Å². The van der Waals surface area contributed by atoms with Crippen LogP contribution in [0.15, 0.2) is 95.8 Å². The Bertz CT molecular complexity index is 1530. The summed E-state index contributed by atoms with van der Waals surface area (Å²) in [6.45, 7) is 1.89. The van der Waals surface area contributed by atoms with Crippen molar-refractivity contribution < 1.29 is 8.63 Å². The second kappa shape index (κ2) is 10.1. The number of hydrogen-bond donors (Lipinski definition) is 1. The summed E-state index contributed by atoms with van der Waals surface area (Å²) >= 11 is 0. The van der Waals surface area contributed by atoms with Crippen LogP contribution in [0.25, 0.3) is 22.6 Å². The van der Waals surface area contributed by atoms with E-state index in [0.29, 0.717) is 28.3 Å². The normalized spacial score (nSPS) is 16.6. The number of halogens is 2. The zero-order valence-electron chi connectivity index (χ0n) is 20.7. The third-order valence-corrected chi connectivity index (χ3v) is 6.91. The predicted octanol–water partition coefficient (Wildman–Crippen LogP) is 5.30. The number of aromatic nitrogens is 4. The van der Waals surface area contributed by atoms with Crippen molar-refractivity contribution >= 4 is 24.5 Å². The molecule has 0 bridgehead atoms. The van der Waals surface area contributed by atoms with E-state index < -0.39 is 7.40 Å². The molecule has 38 heavy (non-hydrogen) atoms. The Morgan fingerprint density at radius 2 is 1.63 bits per heavy atom. The first-order valence-electron chi connectivity index (χ1n) is 12.7. The highest BCUT2D eigenvalue weighted by molar-refractivity contribution is 6.42. The van der Waals surface area contributed by atoms with Crippen LogP contribution in [0.2, 0.25) is 0 Å². The van der Waals surface area contributed by atoms with Gasteiger partial charge in [-0.05, 0) is 61.2 Å². The molecule has 0 saturated carbocycles. The Hall–Kier alpha value is -4.47. The molecule has 0 unspecified atom stereocenters. The maximum atomic E-state index is 14.7. The lowest BCUT2D eigenvalue weighted by atomic mass is 9.98. The number of nitrogens with two attached hydrogens (primary N) is 1. The van der Waals surface area contributed by atoms with E-state index in [-0.39, 0.29) is 5.82 Å². The van der Waals surface area contributed by atoms with E-state index in [0.717, 1.165) is 47.4 Å². The second-order valence-corrected chi connectivity index (χ2v) is 9.37. The van der Waals surface area contributed by atoms with Gasteiger partial charge in [-0.3, -0.25) is 8.63 Å². The number of rotatable bonds is 5. The lowest BCUT2D eigenvalue weighted by Crippen LogP contribution is -2.33. The van der Waals surface area contributed by atoms with Gasteiger partial charge in [0.2, 0.25) is 0 Å². The summed E-state index contributed by atoms with van der Waals surface area (Å²) < 4.78 is 31.8. The molecule has 2 N–H and O–H groups in total. The van der Waals surface area contributed by atoms with Crippen LogP contribution in [-0.4, -0.2) is 50.7 Å². The van der Waals surface area contributed by atoms with Gasteiger partial charge >= 0.3 is 7.40 Å². The predicted molar refractivity (Wildman–Crippen MR) is 147 cm³/mol. The standard InChI is InChI=1S/C28H26BF2N7/c30-29(31)38-25(14-16-27(38)37-19-24(34-35-37)20-7-3-1-4-8-20)28(21-9-11-22(32)12-10-21)23-13-15-26(33-23)36-17-5-2-6-18-36/h1,3-4,7-16,19H,2,5-6,17-18,32H2/b28-23-. The third-order valence-electron chi connectivity index (χ3n) is 6.91. The van der Waals surface area contributed by atoms with Gasteiger partial charge < -0.3 is 15.1 Å². The minimum atomic E-state index is -2.82. The monoisotopic (exact) mass is 509 g/mol. The summed E-state index contributed by atoms with van der Waals surface area (Å²) in [5, 5.41) is 8.38. The molecule has 7 nitrogen and oxygen atoms in total. The molecular weight excluding hydrogens is 483 g/mol. The van der Waals surface area contributed by atoms with E-state index in [2.05, 4.69) is 15.2 Å². The number of likely N-dealkylation sites (tertiary alicyclic amines) is 1. The Morgan fingerprint density at radius 3 is 2.37 bits per heavy atom. The summed E-state index contributed by atoms with van der Waals surface area (Å²) in [6, 6.07) is 20.0. The number of aliphatic imine (C=N–C) groups is 1. The molecule has 2 aromatic heterocycles. The Morgan fingerprint density at radius 1 is 0.868 bits per heavy atom. The Balaban J connectivity index is 1.47. The lowest BCUT2D eigenvalue weighted by molar-refractivity contribution is 0.344. The van der Waals surface area contributed by atoms with Gasteiger partial charge in [0.05, 0.1) is 11.9 Å². The van der Waals surface area contributed by atoms with Crippen molar-refractivity contribution in [3.8, 4) is 17.1 Å². The SMILES string of the molecule is Nc1ccc(/C(=C2\C=CC(N3CCCCC3)=N2)c2ccc(-n3cc(-c4ccccc4)nn3)n2B(F)F)cc1. The van der Waals surface area contributed by atoms with Crippen LogP contribution in [0.5, 0.6) is 0 Å². The van der Waals surface area contributed by atoms with Gasteiger partial charge in [0.25, 0.3) is 0 Å².